The number of aromatic nitrogens is 4. The molecular formula is C27H24N4O3. The van der Waals surface area contributed by atoms with E-state index >= 15 is 0 Å². The second-order valence-corrected chi connectivity index (χ2v) is 8.10. The van der Waals surface area contributed by atoms with Crippen LogP contribution in [0.5, 0.6) is 0 Å². The maximum absolute atomic E-state index is 13.2. The van der Waals surface area contributed by atoms with E-state index in [1.54, 1.807) is 4.57 Å². The summed E-state index contributed by atoms with van der Waals surface area (Å²) in [6.45, 7) is 0.629. The molecule has 3 aromatic heterocycles. The summed E-state index contributed by atoms with van der Waals surface area (Å²) in [7, 11) is 0. The monoisotopic (exact) mass is 452 g/mol. The van der Waals surface area contributed by atoms with E-state index in [9.17, 15) is 9.59 Å². The van der Waals surface area contributed by atoms with Gasteiger partial charge in [-0.25, -0.2) is 9.97 Å². The summed E-state index contributed by atoms with van der Waals surface area (Å²) >= 11 is 0. The number of benzene rings is 2. The fourth-order valence-electron chi connectivity index (χ4n) is 4.02. The van der Waals surface area contributed by atoms with Gasteiger partial charge in [-0.05, 0) is 36.2 Å². The zero-order valence-corrected chi connectivity index (χ0v) is 18.6. The van der Waals surface area contributed by atoms with E-state index in [-0.39, 0.29) is 31.0 Å². The van der Waals surface area contributed by atoms with Crippen LogP contribution in [-0.2, 0) is 35.5 Å². The Morgan fingerprint density at radius 1 is 0.882 bits per heavy atom. The maximum atomic E-state index is 13.2. The molecule has 0 atom stereocenters. The SMILES string of the molecule is O=C(CCc1nc2ccccc2n(CCc2ccccc2)c1=O)OCc1cn2ccccc2n1. The molecule has 0 fully saturated rings. The zero-order valence-electron chi connectivity index (χ0n) is 18.6. The van der Waals surface area contributed by atoms with Crippen molar-refractivity contribution in [3.8, 4) is 0 Å². The molecule has 0 saturated heterocycles. The molecule has 0 amide bonds. The van der Waals surface area contributed by atoms with Crippen LogP contribution in [0.2, 0.25) is 0 Å². The minimum absolute atomic E-state index is 0.0760. The van der Waals surface area contributed by atoms with Crippen molar-refractivity contribution in [1.82, 2.24) is 18.9 Å². The zero-order chi connectivity index (χ0) is 23.3. The van der Waals surface area contributed by atoms with Crippen molar-refractivity contribution < 1.29 is 9.53 Å². The van der Waals surface area contributed by atoms with Gasteiger partial charge < -0.3 is 13.7 Å². The van der Waals surface area contributed by atoms with Gasteiger partial charge in [0.05, 0.1) is 23.1 Å². The van der Waals surface area contributed by atoms with E-state index in [0.717, 1.165) is 28.7 Å². The molecule has 5 aromatic rings. The number of fused-ring (bicyclic) bond motifs is 2. The molecule has 0 aliphatic carbocycles. The maximum Gasteiger partial charge on any atom is 0.306 e. The topological polar surface area (TPSA) is 78.5 Å². The molecule has 2 aromatic carbocycles. The highest BCUT2D eigenvalue weighted by Crippen LogP contribution is 2.13. The number of hydrogen-bond donors (Lipinski definition) is 0. The van der Waals surface area contributed by atoms with E-state index in [4.69, 9.17) is 4.74 Å². The minimum Gasteiger partial charge on any atom is -0.459 e. The first-order valence-corrected chi connectivity index (χ1v) is 11.3. The number of carbonyl (C=O) groups excluding carboxylic acids is 1. The molecule has 0 spiro atoms. The summed E-state index contributed by atoms with van der Waals surface area (Å²) in [5.74, 6) is -0.387. The second kappa shape index (κ2) is 9.70. The number of ether oxygens (including phenoxy) is 1. The molecule has 34 heavy (non-hydrogen) atoms. The van der Waals surface area contributed by atoms with Crippen LogP contribution in [0, 0.1) is 0 Å². The molecule has 7 heteroatoms. The first kappa shape index (κ1) is 21.6. The fourth-order valence-corrected chi connectivity index (χ4v) is 4.02. The van der Waals surface area contributed by atoms with E-state index in [0.29, 0.717) is 17.9 Å². The Balaban J connectivity index is 1.28. The van der Waals surface area contributed by atoms with Gasteiger partial charge in [-0.1, -0.05) is 48.5 Å². The smallest absolute Gasteiger partial charge is 0.306 e. The molecule has 0 unspecified atom stereocenters. The van der Waals surface area contributed by atoms with Crippen molar-refractivity contribution >= 4 is 22.6 Å². The molecule has 0 saturated carbocycles. The van der Waals surface area contributed by atoms with Crippen molar-refractivity contribution in [1.29, 1.82) is 0 Å². The Bertz CT molecular complexity index is 1470. The standard InChI is InChI=1S/C27H24N4O3/c32-26(34-19-21-18-30-16-7-6-12-25(30)28-21)14-13-23-27(33)31(17-15-20-8-2-1-3-9-20)24-11-5-4-10-22(24)29-23/h1-12,16,18H,13-15,17,19H2. The minimum atomic E-state index is -0.387. The largest absolute Gasteiger partial charge is 0.459 e. The van der Waals surface area contributed by atoms with Gasteiger partial charge in [0.2, 0.25) is 0 Å². The number of carbonyl (C=O) groups is 1. The highest BCUT2D eigenvalue weighted by atomic mass is 16.5. The quantitative estimate of drug-likeness (QED) is 0.333. The molecule has 0 N–H and O–H groups in total. The van der Waals surface area contributed by atoms with Crippen molar-refractivity contribution in [3.05, 3.63) is 112 Å². The third-order valence-corrected chi connectivity index (χ3v) is 5.75. The Labute approximate surface area is 196 Å². The lowest BCUT2D eigenvalue weighted by Gasteiger charge is -2.12. The van der Waals surface area contributed by atoms with E-state index in [1.165, 1.54) is 0 Å². The van der Waals surface area contributed by atoms with Gasteiger partial charge in [0.15, 0.2) is 0 Å². The van der Waals surface area contributed by atoms with Gasteiger partial charge in [-0.15, -0.1) is 0 Å². The van der Waals surface area contributed by atoms with Gasteiger partial charge in [-0.3, -0.25) is 9.59 Å². The van der Waals surface area contributed by atoms with Crippen LogP contribution in [0.25, 0.3) is 16.7 Å². The van der Waals surface area contributed by atoms with Crippen molar-refractivity contribution in [2.75, 3.05) is 0 Å². The summed E-state index contributed by atoms with van der Waals surface area (Å²) in [4.78, 5) is 34.6. The van der Waals surface area contributed by atoms with Crippen LogP contribution in [0.15, 0.2) is 90.0 Å². The van der Waals surface area contributed by atoms with E-state index in [2.05, 4.69) is 22.1 Å². The highest BCUT2D eigenvalue weighted by Gasteiger charge is 2.14. The molecular weight excluding hydrogens is 428 g/mol. The van der Waals surface area contributed by atoms with Gasteiger partial charge in [0, 0.05) is 25.4 Å². The van der Waals surface area contributed by atoms with Crippen LogP contribution in [0.1, 0.15) is 23.4 Å². The van der Waals surface area contributed by atoms with Gasteiger partial charge in [0.25, 0.3) is 5.56 Å². The molecule has 170 valence electrons. The van der Waals surface area contributed by atoms with Crippen LogP contribution in [0.3, 0.4) is 0 Å². The summed E-state index contributed by atoms with van der Waals surface area (Å²) in [6, 6.07) is 23.4. The average molecular weight is 453 g/mol. The predicted octanol–water partition coefficient (Wildman–Crippen LogP) is 3.96. The Morgan fingerprint density at radius 2 is 1.68 bits per heavy atom. The number of aryl methyl sites for hydroxylation is 3. The number of hydrogen-bond acceptors (Lipinski definition) is 5. The second-order valence-electron chi connectivity index (χ2n) is 8.10. The van der Waals surface area contributed by atoms with Gasteiger partial charge in [-0.2, -0.15) is 0 Å². The molecule has 7 nitrogen and oxygen atoms in total. The lowest BCUT2D eigenvalue weighted by Crippen LogP contribution is -2.27. The van der Waals surface area contributed by atoms with Gasteiger partial charge in [0.1, 0.15) is 17.9 Å². The van der Waals surface area contributed by atoms with Crippen LogP contribution in [-0.4, -0.2) is 24.9 Å². The van der Waals surface area contributed by atoms with E-state index in [1.807, 2.05) is 77.5 Å². The highest BCUT2D eigenvalue weighted by molar-refractivity contribution is 5.75. The average Bonchev–Trinajstić information content (AvgIpc) is 3.29. The third-order valence-electron chi connectivity index (χ3n) is 5.75. The number of imidazole rings is 1. The predicted molar refractivity (Wildman–Crippen MR) is 129 cm³/mol. The number of pyridine rings is 1. The number of nitrogens with zero attached hydrogens (tertiary/aromatic N) is 4. The summed E-state index contributed by atoms with van der Waals surface area (Å²) in [5.41, 5.74) is 4.37. The number of esters is 1. The van der Waals surface area contributed by atoms with Gasteiger partial charge >= 0.3 is 5.97 Å². The summed E-state index contributed by atoms with van der Waals surface area (Å²) in [5, 5.41) is 0. The Kier molecular flexibility index (Phi) is 6.16. The molecule has 5 rings (SSSR count). The van der Waals surface area contributed by atoms with Crippen molar-refractivity contribution in [3.63, 3.8) is 0 Å². The number of rotatable bonds is 8. The fraction of sp³-hybridized carbons (Fsp3) is 0.185. The van der Waals surface area contributed by atoms with Crippen molar-refractivity contribution in [2.24, 2.45) is 0 Å². The van der Waals surface area contributed by atoms with Crippen LogP contribution in [0.4, 0.5) is 0 Å². The molecule has 0 radical (unpaired) electrons. The van der Waals surface area contributed by atoms with Crippen LogP contribution < -0.4 is 5.56 Å². The first-order valence-electron chi connectivity index (χ1n) is 11.3. The van der Waals surface area contributed by atoms with Crippen LogP contribution >= 0.6 is 0 Å². The molecule has 0 aliphatic rings. The lowest BCUT2D eigenvalue weighted by atomic mass is 10.1. The van der Waals surface area contributed by atoms with E-state index < -0.39 is 0 Å². The molecule has 3 heterocycles. The summed E-state index contributed by atoms with van der Waals surface area (Å²) in [6.07, 6.45) is 4.75. The first-order chi connectivity index (χ1) is 16.7. The molecule has 0 bridgehead atoms. The Hall–Kier alpha value is -4.26. The molecule has 0 aliphatic heterocycles. The normalized spacial score (nSPS) is 11.2. The lowest BCUT2D eigenvalue weighted by molar-refractivity contribution is -0.145. The number of para-hydroxylation sites is 2. The Morgan fingerprint density at radius 3 is 2.53 bits per heavy atom. The summed E-state index contributed by atoms with van der Waals surface area (Å²) < 4.78 is 9.02. The van der Waals surface area contributed by atoms with Crippen molar-refractivity contribution in [2.45, 2.75) is 32.4 Å². The third kappa shape index (κ3) is 4.73.